The molecule has 17 nitrogen and oxygen atoms in total. The minimum Gasteiger partial charge on any atom is -0.461 e. The fraction of sp³-hybridized carbons (Fsp3) is 0.737. The van der Waals surface area contributed by atoms with Crippen molar-refractivity contribution in [2.24, 2.45) is 5.16 Å². The minimum atomic E-state index is -2.06. The van der Waals surface area contributed by atoms with Crippen LogP contribution in [0.15, 0.2) is 5.16 Å². The van der Waals surface area contributed by atoms with Crippen LogP contribution in [-0.2, 0) is 47.7 Å². The van der Waals surface area contributed by atoms with Crippen molar-refractivity contribution in [1.29, 1.82) is 0 Å². The first-order valence-corrected chi connectivity index (χ1v) is 10.5. The van der Waals surface area contributed by atoms with Crippen LogP contribution in [-0.4, -0.2) is 151 Å². The van der Waals surface area contributed by atoms with Crippen LogP contribution in [0.5, 0.6) is 0 Å². The highest BCUT2D eigenvalue weighted by atomic mass is 19.1. The number of carbonyl (C=O) groups excluding carboxylic acids is 4. The fourth-order valence-corrected chi connectivity index (χ4v) is 2.45. The number of nitrogens with zero attached hydrogens (tertiary/aromatic N) is 1. The first-order valence-electron chi connectivity index (χ1n) is 10.5. The predicted molar refractivity (Wildman–Crippen MR) is 112 cm³/mol. The molecule has 19 heteroatoms. The van der Waals surface area contributed by atoms with Gasteiger partial charge in [-0.3, -0.25) is 0 Å². The van der Waals surface area contributed by atoms with Gasteiger partial charge in [-0.15, -0.1) is 0 Å². The first kappa shape index (κ1) is 34.9. The number of ether oxygens (including phenoxy) is 5. The lowest BCUT2D eigenvalue weighted by atomic mass is 10.1. The SMILES string of the molecule is CON=C[C@@H](F)[C@H](OC(=O)CO)[C@H](O)COC(=O)CO.O=C(CO)OC[C@H]1OC(O)[C@@H](F)[C@@H]1OC(=O)CO. The van der Waals surface area contributed by atoms with Crippen molar-refractivity contribution in [3.63, 3.8) is 0 Å². The average Bonchev–Trinajstić information content (AvgIpc) is 3.18. The van der Waals surface area contributed by atoms with E-state index >= 15 is 0 Å². The van der Waals surface area contributed by atoms with Gasteiger partial charge in [-0.1, -0.05) is 5.16 Å². The summed E-state index contributed by atoms with van der Waals surface area (Å²) in [6, 6.07) is 0. The van der Waals surface area contributed by atoms with Gasteiger partial charge in [0.25, 0.3) is 0 Å². The molecule has 1 aliphatic heterocycles. The number of carbonyl (C=O) groups is 4. The summed E-state index contributed by atoms with van der Waals surface area (Å²) in [6.07, 6.45) is -11.5. The number of hydrogen-bond acceptors (Lipinski definition) is 17. The van der Waals surface area contributed by atoms with Gasteiger partial charge in [0.05, 0.1) is 6.21 Å². The molecule has 0 aromatic heterocycles. The maximum absolute atomic E-state index is 13.7. The predicted octanol–water partition coefficient (Wildman–Crippen LogP) is -4.76. The Balaban J connectivity index is 0.000000724. The van der Waals surface area contributed by atoms with E-state index in [1.165, 1.54) is 0 Å². The fourth-order valence-electron chi connectivity index (χ4n) is 2.45. The number of hydrogen-bond donors (Lipinski definition) is 6. The summed E-state index contributed by atoms with van der Waals surface area (Å²) in [6.45, 7) is -4.98. The highest BCUT2D eigenvalue weighted by molar-refractivity contribution is 5.72. The van der Waals surface area contributed by atoms with E-state index < -0.39 is 107 Å². The molecule has 1 aliphatic rings. The monoisotopic (exact) mass is 565 g/mol. The second kappa shape index (κ2) is 19.1. The quantitative estimate of drug-likeness (QED) is 0.0500. The Bertz CT molecular complexity index is 771. The molecule has 0 spiro atoms. The van der Waals surface area contributed by atoms with E-state index in [1.54, 1.807) is 0 Å². The minimum absolute atomic E-state index is 0.500. The van der Waals surface area contributed by atoms with Crippen LogP contribution in [0.2, 0.25) is 0 Å². The van der Waals surface area contributed by atoms with Crippen molar-refractivity contribution in [3.05, 3.63) is 0 Å². The van der Waals surface area contributed by atoms with Gasteiger partial charge in [0.1, 0.15) is 59.0 Å². The summed E-state index contributed by atoms with van der Waals surface area (Å²) >= 11 is 0. The van der Waals surface area contributed by atoms with Crippen LogP contribution >= 0.6 is 0 Å². The second-order valence-corrected chi connectivity index (χ2v) is 6.87. The van der Waals surface area contributed by atoms with Crippen LogP contribution in [0.4, 0.5) is 8.78 Å². The summed E-state index contributed by atoms with van der Waals surface area (Å²) in [7, 11) is 1.15. The standard InChI is InChI=1S/C10H16FNO8.C9H13FO8/c1-18-12-2-6(11)10(20-9(17)4-14)7(15)5-19-8(16)3-13;10-7-8(18-6(14)2-12)4(17-9(7)15)3-16-5(13)1-11/h2,6-7,10,13-15H,3-5H2,1H3;4,7-9,11-12,15H,1-3H2/t6-,7-,10+;4-,7+,8-,9?/m11/s1. The smallest absolute Gasteiger partial charge is 0.332 e. The molecule has 0 aromatic carbocycles. The first-order chi connectivity index (χ1) is 17.9. The molecule has 1 unspecified atom stereocenters. The van der Waals surface area contributed by atoms with Crippen molar-refractivity contribution >= 4 is 30.1 Å². The molecule has 1 heterocycles. The van der Waals surface area contributed by atoms with E-state index in [0.29, 0.717) is 6.21 Å². The van der Waals surface area contributed by atoms with Crippen molar-refractivity contribution in [3.8, 4) is 0 Å². The average molecular weight is 565 g/mol. The number of esters is 4. The summed E-state index contributed by atoms with van der Waals surface area (Å²) in [5, 5.41) is 55.6. The van der Waals surface area contributed by atoms with E-state index in [0.717, 1.165) is 7.11 Å². The molecule has 0 saturated carbocycles. The van der Waals surface area contributed by atoms with E-state index in [2.05, 4.69) is 33.7 Å². The number of alkyl halides is 2. The lowest BCUT2D eigenvalue weighted by Gasteiger charge is -2.23. The lowest BCUT2D eigenvalue weighted by molar-refractivity contribution is -0.167. The molecule has 0 bridgehead atoms. The molecule has 0 aliphatic carbocycles. The zero-order chi connectivity index (χ0) is 29.3. The maximum Gasteiger partial charge on any atom is 0.332 e. The van der Waals surface area contributed by atoms with Crippen LogP contribution in [0, 0.1) is 0 Å². The third-order valence-electron chi connectivity index (χ3n) is 4.14. The molecular formula is C19H29F2NO16. The van der Waals surface area contributed by atoms with Crippen LogP contribution in [0.3, 0.4) is 0 Å². The van der Waals surface area contributed by atoms with Crippen LogP contribution < -0.4 is 0 Å². The maximum atomic E-state index is 13.7. The Hall–Kier alpha value is -3.07. The van der Waals surface area contributed by atoms with Gasteiger partial charge in [-0.05, 0) is 0 Å². The number of aliphatic hydroxyl groups is 6. The van der Waals surface area contributed by atoms with E-state index in [-0.39, 0.29) is 0 Å². The van der Waals surface area contributed by atoms with Crippen molar-refractivity contribution in [1.82, 2.24) is 0 Å². The third kappa shape index (κ3) is 12.9. The molecule has 38 heavy (non-hydrogen) atoms. The molecular weight excluding hydrogens is 536 g/mol. The summed E-state index contributed by atoms with van der Waals surface area (Å²) in [5.41, 5.74) is 0. The highest BCUT2D eigenvalue weighted by Crippen LogP contribution is 2.25. The Kier molecular flexibility index (Phi) is 17.5. The highest BCUT2D eigenvalue weighted by Gasteiger charge is 2.47. The molecule has 7 atom stereocenters. The molecule has 1 saturated heterocycles. The van der Waals surface area contributed by atoms with Gasteiger partial charge in [0.15, 0.2) is 30.8 Å². The molecule has 0 amide bonds. The topological polar surface area (TPSA) is 257 Å². The molecule has 0 aromatic rings. The van der Waals surface area contributed by atoms with Crippen molar-refractivity contribution in [2.75, 3.05) is 46.8 Å². The Labute approximate surface area is 213 Å². The zero-order valence-electron chi connectivity index (χ0n) is 19.8. The van der Waals surface area contributed by atoms with Crippen molar-refractivity contribution < 1.29 is 87.1 Å². The zero-order valence-corrected chi connectivity index (χ0v) is 19.8. The molecule has 1 rings (SSSR count). The van der Waals surface area contributed by atoms with Gasteiger partial charge in [0.2, 0.25) is 0 Å². The van der Waals surface area contributed by atoms with Gasteiger partial charge in [-0.25, -0.2) is 28.0 Å². The Morgan fingerprint density at radius 2 is 1.53 bits per heavy atom. The number of rotatable bonds is 14. The molecule has 1 fully saturated rings. The van der Waals surface area contributed by atoms with Gasteiger partial charge in [0, 0.05) is 0 Å². The largest absolute Gasteiger partial charge is 0.461 e. The Morgan fingerprint density at radius 1 is 0.974 bits per heavy atom. The number of oxime groups is 1. The number of halogens is 2. The molecule has 0 radical (unpaired) electrons. The normalized spacial score (nSPS) is 22.9. The lowest BCUT2D eigenvalue weighted by Crippen LogP contribution is -2.43. The van der Waals surface area contributed by atoms with Gasteiger partial charge < -0.3 is 59.2 Å². The van der Waals surface area contributed by atoms with E-state index in [4.69, 9.17) is 25.5 Å². The molecule has 6 N–H and O–H groups in total. The van der Waals surface area contributed by atoms with Gasteiger partial charge >= 0.3 is 23.9 Å². The van der Waals surface area contributed by atoms with E-state index in [1.807, 2.05) is 0 Å². The third-order valence-corrected chi connectivity index (χ3v) is 4.14. The van der Waals surface area contributed by atoms with Crippen LogP contribution in [0.1, 0.15) is 0 Å². The summed E-state index contributed by atoms with van der Waals surface area (Å²) in [5.74, 6) is -4.30. The van der Waals surface area contributed by atoms with Gasteiger partial charge in [-0.2, -0.15) is 0 Å². The Morgan fingerprint density at radius 3 is 2.05 bits per heavy atom. The molecule has 220 valence electrons. The van der Waals surface area contributed by atoms with Crippen LogP contribution in [0.25, 0.3) is 0 Å². The second-order valence-electron chi connectivity index (χ2n) is 6.87. The number of aliphatic hydroxyl groups excluding tert-OH is 6. The van der Waals surface area contributed by atoms with Crippen molar-refractivity contribution in [2.45, 2.75) is 43.0 Å². The summed E-state index contributed by atoms with van der Waals surface area (Å²) in [4.78, 5) is 47.4. The van der Waals surface area contributed by atoms with E-state index in [9.17, 15) is 33.1 Å². The summed E-state index contributed by atoms with van der Waals surface area (Å²) < 4.78 is 49.6.